The van der Waals surface area contributed by atoms with Crippen molar-refractivity contribution < 1.29 is 4.79 Å². The molecule has 1 aromatic heterocycles. The summed E-state index contributed by atoms with van der Waals surface area (Å²) in [6, 6.07) is 6.34. The van der Waals surface area contributed by atoms with Gasteiger partial charge in [-0.05, 0) is 45.2 Å². The van der Waals surface area contributed by atoms with E-state index in [2.05, 4.69) is 37.0 Å². The fourth-order valence-corrected chi connectivity index (χ4v) is 4.24. The summed E-state index contributed by atoms with van der Waals surface area (Å²) in [5.41, 5.74) is 10.1. The lowest BCUT2D eigenvalue weighted by Gasteiger charge is -2.15. The molecule has 1 fully saturated rings. The van der Waals surface area contributed by atoms with Crippen molar-refractivity contribution in [3.63, 3.8) is 0 Å². The van der Waals surface area contributed by atoms with Crippen molar-refractivity contribution in [1.29, 1.82) is 0 Å². The van der Waals surface area contributed by atoms with Gasteiger partial charge in [0.25, 0.3) is 5.91 Å². The summed E-state index contributed by atoms with van der Waals surface area (Å²) in [6.45, 7) is 8.32. The topological polar surface area (TPSA) is 59.2 Å². The highest BCUT2D eigenvalue weighted by atomic mass is 32.1. The molecule has 122 valence electrons. The Hall–Kier alpha value is -1.72. The summed E-state index contributed by atoms with van der Waals surface area (Å²) in [5, 5.41) is 0.929. The molecule has 4 nitrogen and oxygen atoms in total. The van der Waals surface area contributed by atoms with E-state index in [0.29, 0.717) is 12.5 Å². The van der Waals surface area contributed by atoms with Crippen LogP contribution in [0, 0.1) is 26.7 Å². The number of aryl methyl sites for hydroxylation is 3. The first-order valence-electron chi connectivity index (χ1n) is 8.04. The van der Waals surface area contributed by atoms with E-state index in [1.54, 1.807) is 0 Å². The second-order valence-electron chi connectivity index (χ2n) is 6.39. The highest BCUT2D eigenvalue weighted by Crippen LogP contribution is 2.32. The molecule has 1 aliphatic heterocycles. The number of nitrogens with two attached hydrogens (primary N) is 1. The zero-order valence-corrected chi connectivity index (χ0v) is 14.7. The zero-order valence-electron chi connectivity index (χ0n) is 13.9. The third-order valence-electron chi connectivity index (χ3n) is 4.51. The number of benzene rings is 1. The quantitative estimate of drug-likeness (QED) is 0.941. The molecule has 5 heteroatoms. The molecule has 23 heavy (non-hydrogen) atoms. The van der Waals surface area contributed by atoms with Crippen LogP contribution < -0.4 is 5.73 Å². The van der Waals surface area contributed by atoms with Gasteiger partial charge < -0.3 is 10.6 Å². The van der Waals surface area contributed by atoms with Gasteiger partial charge in [0.05, 0.1) is 5.69 Å². The van der Waals surface area contributed by atoms with E-state index in [1.165, 1.54) is 22.5 Å². The van der Waals surface area contributed by atoms with Gasteiger partial charge in [-0.1, -0.05) is 23.8 Å². The van der Waals surface area contributed by atoms with Crippen molar-refractivity contribution in [3.8, 4) is 10.6 Å². The number of hydrogen-bond donors (Lipinski definition) is 1. The minimum Gasteiger partial charge on any atom is -0.338 e. The van der Waals surface area contributed by atoms with Gasteiger partial charge in [0.1, 0.15) is 9.88 Å². The first-order valence-corrected chi connectivity index (χ1v) is 8.85. The average molecular weight is 329 g/mol. The Bertz CT molecular complexity index is 738. The van der Waals surface area contributed by atoms with Gasteiger partial charge in [-0.2, -0.15) is 0 Å². The van der Waals surface area contributed by atoms with Crippen LogP contribution in [-0.2, 0) is 0 Å². The zero-order chi connectivity index (χ0) is 16.6. The van der Waals surface area contributed by atoms with Crippen LogP contribution in [-0.4, -0.2) is 35.4 Å². The number of aromatic nitrogens is 1. The molecule has 0 aliphatic carbocycles. The van der Waals surface area contributed by atoms with Gasteiger partial charge in [-0.3, -0.25) is 4.79 Å². The molecule has 3 rings (SSSR count). The van der Waals surface area contributed by atoms with Gasteiger partial charge in [0.15, 0.2) is 0 Å². The van der Waals surface area contributed by atoms with Crippen LogP contribution in [0.2, 0.25) is 0 Å². The van der Waals surface area contributed by atoms with Crippen LogP contribution in [0.25, 0.3) is 10.6 Å². The maximum Gasteiger partial charge on any atom is 0.265 e. The molecule has 1 aliphatic rings. The van der Waals surface area contributed by atoms with E-state index in [9.17, 15) is 4.79 Å². The van der Waals surface area contributed by atoms with Gasteiger partial charge in [0.2, 0.25) is 0 Å². The van der Waals surface area contributed by atoms with Gasteiger partial charge in [-0.25, -0.2) is 4.98 Å². The highest BCUT2D eigenvalue weighted by molar-refractivity contribution is 7.17. The molecule has 1 atom stereocenters. The van der Waals surface area contributed by atoms with E-state index in [-0.39, 0.29) is 5.91 Å². The van der Waals surface area contributed by atoms with Crippen LogP contribution in [0.15, 0.2) is 18.2 Å². The van der Waals surface area contributed by atoms with Crippen molar-refractivity contribution in [2.24, 2.45) is 11.7 Å². The number of likely N-dealkylation sites (tertiary alicyclic amines) is 1. The van der Waals surface area contributed by atoms with Crippen LogP contribution in [0.5, 0.6) is 0 Å². The summed E-state index contributed by atoms with van der Waals surface area (Å²) >= 11 is 1.50. The second-order valence-corrected chi connectivity index (χ2v) is 7.39. The van der Waals surface area contributed by atoms with Crippen LogP contribution in [0.4, 0.5) is 0 Å². The number of amides is 1. The summed E-state index contributed by atoms with van der Waals surface area (Å²) in [6.07, 6.45) is 1.00. The Labute approximate surface area is 141 Å². The molecule has 0 saturated carbocycles. The maximum atomic E-state index is 12.8. The number of carbonyl (C=O) groups is 1. The van der Waals surface area contributed by atoms with Gasteiger partial charge in [0, 0.05) is 18.7 Å². The Morgan fingerprint density at radius 3 is 2.83 bits per heavy atom. The number of hydrogen-bond acceptors (Lipinski definition) is 4. The standard InChI is InChI=1S/C18H23N3OS/c1-11-4-5-15(12(2)8-11)17-20-13(3)16(23-17)18(22)21-7-6-14(9-19)10-21/h4-5,8,14H,6-7,9-10,19H2,1-3H3. The normalized spacial score (nSPS) is 17.7. The van der Waals surface area contributed by atoms with E-state index in [1.807, 2.05) is 11.8 Å². The third-order valence-corrected chi connectivity index (χ3v) is 5.69. The average Bonchev–Trinajstić information content (AvgIpc) is 3.13. The molecule has 1 unspecified atom stereocenters. The molecule has 0 spiro atoms. The van der Waals surface area contributed by atoms with Crippen LogP contribution in [0.3, 0.4) is 0 Å². The minimum absolute atomic E-state index is 0.104. The fourth-order valence-electron chi connectivity index (χ4n) is 3.12. The highest BCUT2D eigenvalue weighted by Gasteiger charge is 2.28. The molecule has 0 radical (unpaired) electrons. The number of carbonyl (C=O) groups excluding carboxylic acids is 1. The molecule has 2 N–H and O–H groups in total. The Kier molecular flexibility index (Phi) is 4.50. The molecule has 2 aromatic rings. The third kappa shape index (κ3) is 3.16. The lowest BCUT2D eigenvalue weighted by Crippen LogP contribution is -2.29. The minimum atomic E-state index is 0.104. The monoisotopic (exact) mass is 329 g/mol. The van der Waals surface area contributed by atoms with E-state index < -0.39 is 0 Å². The maximum absolute atomic E-state index is 12.8. The summed E-state index contributed by atoms with van der Waals surface area (Å²) in [4.78, 5) is 20.1. The number of rotatable bonds is 3. The predicted molar refractivity (Wildman–Crippen MR) is 94.8 cm³/mol. The van der Waals surface area contributed by atoms with Crippen molar-refractivity contribution in [2.45, 2.75) is 27.2 Å². The van der Waals surface area contributed by atoms with Crippen molar-refractivity contribution in [1.82, 2.24) is 9.88 Å². The Morgan fingerprint density at radius 2 is 2.17 bits per heavy atom. The smallest absolute Gasteiger partial charge is 0.265 e. The molecule has 0 bridgehead atoms. The molecular weight excluding hydrogens is 306 g/mol. The van der Waals surface area contributed by atoms with Crippen LogP contribution >= 0.6 is 11.3 Å². The van der Waals surface area contributed by atoms with E-state index >= 15 is 0 Å². The second kappa shape index (κ2) is 6.42. The SMILES string of the molecule is Cc1ccc(-c2nc(C)c(C(=O)N3CCC(CN)C3)s2)c(C)c1. The summed E-state index contributed by atoms with van der Waals surface area (Å²) in [7, 11) is 0. The number of nitrogens with zero attached hydrogens (tertiary/aromatic N) is 2. The van der Waals surface area contributed by atoms with Crippen molar-refractivity contribution in [2.75, 3.05) is 19.6 Å². The molecule has 1 aromatic carbocycles. The fraction of sp³-hybridized carbons (Fsp3) is 0.444. The van der Waals surface area contributed by atoms with E-state index in [4.69, 9.17) is 5.73 Å². The molecule has 2 heterocycles. The van der Waals surface area contributed by atoms with E-state index in [0.717, 1.165) is 40.7 Å². The van der Waals surface area contributed by atoms with Crippen LogP contribution in [0.1, 0.15) is 32.9 Å². The van der Waals surface area contributed by atoms with Crippen molar-refractivity contribution in [3.05, 3.63) is 39.9 Å². The predicted octanol–water partition coefficient (Wildman–Crippen LogP) is 3.16. The Balaban J connectivity index is 1.88. The molecule has 1 amide bonds. The van der Waals surface area contributed by atoms with Gasteiger partial charge >= 0.3 is 0 Å². The first kappa shape index (κ1) is 16.1. The Morgan fingerprint density at radius 1 is 1.39 bits per heavy atom. The first-order chi connectivity index (χ1) is 11.0. The summed E-state index contributed by atoms with van der Waals surface area (Å²) < 4.78 is 0. The largest absolute Gasteiger partial charge is 0.338 e. The lowest BCUT2D eigenvalue weighted by molar-refractivity contribution is 0.0791. The molecular formula is C18H23N3OS. The molecule has 1 saturated heterocycles. The lowest BCUT2D eigenvalue weighted by atomic mass is 10.1. The summed E-state index contributed by atoms with van der Waals surface area (Å²) in [5.74, 6) is 0.540. The number of thiazole rings is 1. The van der Waals surface area contributed by atoms with Gasteiger partial charge in [-0.15, -0.1) is 11.3 Å². The van der Waals surface area contributed by atoms with Crippen molar-refractivity contribution >= 4 is 17.2 Å².